The van der Waals surface area contributed by atoms with Gasteiger partial charge in [0.15, 0.2) is 5.16 Å². The zero-order chi connectivity index (χ0) is 17.8. The number of nitrogens with one attached hydrogen (secondary N) is 2. The Kier molecular flexibility index (Phi) is 4.86. The van der Waals surface area contributed by atoms with Gasteiger partial charge >= 0.3 is 0 Å². The summed E-state index contributed by atoms with van der Waals surface area (Å²) in [6, 6.07) is 11.8. The summed E-state index contributed by atoms with van der Waals surface area (Å²) in [7, 11) is 0. The first-order chi connectivity index (χ1) is 12.1. The van der Waals surface area contributed by atoms with Crippen LogP contribution in [0.25, 0.3) is 5.69 Å². The molecule has 1 aromatic carbocycles. The predicted molar refractivity (Wildman–Crippen MR) is 95.7 cm³/mol. The van der Waals surface area contributed by atoms with E-state index in [9.17, 15) is 10.1 Å². The summed E-state index contributed by atoms with van der Waals surface area (Å²) in [5, 5.41) is 19.4. The van der Waals surface area contributed by atoms with Crippen LogP contribution in [-0.2, 0) is 4.79 Å². The number of thioether (sulfide) groups is 1. The summed E-state index contributed by atoms with van der Waals surface area (Å²) < 4.78 is 1.89. The Balaban J connectivity index is 1.90. The first-order valence-corrected chi connectivity index (χ1v) is 8.55. The van der Waals surface area contributed by atoms with E-state index in [-0.39, 0.29) is 11.7 Å². The lowest BCUT2D eigenvalue weighted by molar-refractivity contribution is -0.113. The molecule has 0 radical (unpaired) electrons. The fourth-order valence-corrected chi connectivity index (χ4v) is 3.11. The van der Waals surface area contributed by atoms with Crippen molar-refractivity contribution in [3.8, 4) is 11.8 Å². The molecule has 2 aromatic heterocycles. The van der Waals surface area contributed by atoms with Gasteiger partial charge in [-0.1, -0.05) is 30.0 Å². The van der Waals surface area contributed by atoms with Gasteiger partial charge < -0.3 is 5.32 Å². The number of carbonyl (C=O) groups is 1. The van der Waals surface area contributed by atoms with E-state index in [1.54, 1.807) is 0 Å². The second kappa shape index (κ2) is 7.23. The minimum absolute atomic E-state index is 0.165. The highest BCUT2D eigenvalue weighted by Gasteiger charge is 2.20. The van der Waals surface area contributed by atoms with Crippen molar-refractivity contribution in [3.63, 3.8) is 0 Å². The van der Waals surface area contributed by atoms with Gasteiger partial charge in [0.2, 0.25) is 5.91 Å². The van der Waals surface area contributed by atoms with Crippen molar-refractivity contribution in [2.24, 2.45) is 0 Å². The van der Waals surface area contributed by atoms with Crippen molar-refractivity contribution in [3.05, 3.63) is 53.5 Å². The van der Waals surface area contributed by atoms with Gasteiger partial charge in [-0.15, -0.1) is 0 Å². The molecule has 1 amide bonds. The number of nitrogens with zero attached hydrogens (tertiary/aromatic N) is 4. The van der Waals surface area contributed by atoms with Crippen LogP contribution in [0.2, 0.25) is 0 Å². The molecule has 0 fully saturated rings. The molecule has 25 heavy (non-hydrogen) atoms. The molecule has 0 bridgehead atoms. The maximum atomic E-state index is 12.4. The molecule has 0 aliphatic heterocycles. The fraction of sp³-hybridized carbons (Fsp3) is 0.176. The van der Waals surface area contributed by atoms with Crippen molar-refractivity contribution in [1.29, 1.82) is 5.26 Å². The highest BCUT2D eigenvalue weighted by Crippen LogP contribution is 2.30. The van der Waals surface area contributed by atoms with Crippen molar-refractivity contribution in [2.45, 2.75) is 19.0 Å². The average Bonchev–Trinajstić information content (AvgIpc) is 3.22. The SMILES string of the molecule is Cc1c(C#N)c(NC(=O)CSc2ncn[nH]2)n(-c2ccccc2)c1C. The van der Waals surface area contributed by atoms with Crippen LogP contribution in [0.3, 0.4) is 0 Å². The Bertz CT molecular complexity index is 924. The lowest BCUT2D eigenvalue weighted by atomic mass is 10.2. The minimum Gasteiger partial charge on any atom is -0.310 e. The molecule has 3 aromatic rings. The standard InChI is InChI=1S/C17H16N6OS/c1-11-12(2)23(13-6-4-3-5-7-13)16(14(11)8-18)21-15(24)9-25-17-19-10-20-22-17/h3-7,10H,9H2,1-2H3,(H,21,24)(H,19,20,22). The second-order valence-electron chi connectivity index (χ2n) is 5.34. The number of aromatic nitrogens is 4. The molecule has 8 heteroatoms. The van der Waals surface area contributed by atoms with Crippen molar-refractivity contribution in [2.75, 3.05) is 11.1 Å². The van der Waals surface area contributed by atoms with Gasteiger partial charge in [0.1, 0.15) is 18.2 Å². The highest BCUT2D eigenvalue weighted by atomic mass is 32.2. The normalized spacial score (nSPS) is 10.4. The fourth-order valence-electron chi connectivity index (χ4n) is 2.53. The summed E-state index contributed by atoms with van der Waals surface area (Å²) in [6.07, 6.45) is 1.39. The average molecular weight is 352 g/mol. The molecule has 2 N–H and O–H groups in total. The van der Waals surface area contributed by atoms with E-state index in [4.69, 9.17) is 0 Å². The molecule has 0 saturated heterocycles. The van der Waals surface area contributed by atoms with Crippen LogP contribution in [-0.4, -0.2) is 31.4 Å². The first-order valence-electron chi connectivity index (χ1n) is 7.57. The quantitative estimate of drug-likeness (QED) is 0.688. The van der Waals surface area contributed by atoms with Gasteiger partial charge in [-0.3, -0.25) is 14.5 Å². The highest BCUT2D eigenvalue weighted by molar-refractivity contribution is 7.99. The molecule has 0 spiro atoms. The Morgan fingerprint density at radius 3 is 2.76 bits per heavy atom. The maximum absolute atomic E-state index is 12.4. The predicted octanol–water partition coefficient (Wildman–Crippen LogP) is 2.81. The number of nitriles is 1. The maximum Gasteiger partial charge on any atom is 0.236 e. The second-order valence-corrected chi connectivity index (χ2v) is 6.31. The Morgan fingerprint density at radius 1 is 1.36 bits per heavy atom. The summed E-state index contributed by atoms with van der Waals surface area (Å²) in [4.78, 5) is 16.3. The minimum atomic E-state index is -0.215. The van der Waals surface area contributed by atoms with Gasteiger partial charge in [0.05, 0.1) is 11.3 Å². The van der Waals surface area contributed by atoms with Gasteiger partial charge in [-0.05, 0) is 31.5 Å². The Morgan fingerprint density at radius 2 is 2.12 bits per heavy atom. The number of carbonyl (C=O) groups excluding carboxylic acids is 1. The van der Waals surface area contributed by atoms with E-state index in [2.05, 4.69) is 26.6 Å². The Labute approximate surface area is 149 Å². The van der Waals surface area contributed by atoms with Crippen molar-refractivity contribution < 1.29 is 4.79 Å². The third-order valence-electron chi connectivity index (χ3n) is 3.83. The van der Waals surface area contributed by atoms with Crippen LogP contribution < -0.4 is 5.32 Å². The molecule has 7 nitrogen and oxygen atoms in total. The summed E-state index contributed by atoms with van der Waals surface area (Å²) in [6.45, 7) is 3.81. The van der Waals surface area contributed by atoms with Crippen molar-refractivity contribution in [1.82, 2.24) is 19.7 Å². The van der Waals surface area contributed by atoms with Gasteiger partial charge in [-0.25, -0.2) is 4.98 Å². The van der Waals surface area contributed by atoms with Crippen molar-refractivity contribution >= 4 is 23.5 Å². The lowest BCUT2D eigenvalue weighted by Crippen LogP contribution is -2.17. The summed E-state index contributed by atoms with van der Waals surface area (Å²) >= 11 is 1.25. The molecule has 0 aliphatic rings. The number of para-hydroxylation sites is 1. The number of benzene rings is 1. The molecule has 3 rings (SSSR count). The van der Waals surface area contributed by atoms with E-state index >= 15 is 0 Å². The van der Waals surface area contributed by atoms with Gasteiger partial charge in [0.25, 0.3) is 0 Å². The lowest BCUT2D eigenvalue weighted by Gasteiger charge is -2.13. The zero-order valence-electron chi connectivity index (χ0n) is 13.8. The van der Waals surface area contributed by atoms with E-state index < -0.39 is 0 Å². The smallest absolute Gasteiger partial charge is 0.236 e. The summed E-state index contributed by atoms with van der Waals surface area (Å²) in [5.74, 6) is 0.442. The largest absolute Gasteiger partial charge is 0.310 e. The molecule has 126 valence electrons. The molecule has 0 atom stereocenters. The van der Waals surface area contributed by atoms with Crippen LogP contribution in [0, 0.1) is 25.2 Å². The molecule has 2 heterocycles. The first kappa shape index (κ1) is 16.8. The topological polar surface area (TPSA) is 99.4 Å². The molecular formula is C17H16N6OS. The third-order valence-corrected chi connectivity index (χ3v) is 4.71. The molecule has 0 aliphatic carbocycles. The molecular weight excluding hydrogens is 336 g/mol. The summed E-state index contributed by atoms with van der Waals surface area (Å²) in [5.41, 5.74) is 3.13. The van der Waals surface area contributed by atoms with Crippen LogP contribution in [0.4, 0.5) is 5.82 Å². The van der Waals surface area contributed by atoms with E-state index in [0.717, 1.165) is 16.9 Å². The van der Waals surface area contributed by atoms with Gasteiger partial charge in [0, 0.05) is 11.4 Å². The van der Waals surface area contributed by atoms with Gasteiger partial charge in [-0.2, -0.15) is 10.4 Å². The molecule has 0 unspecified atom stereocenters. The number of hydrogen-bond donors (Lipinski definition) is 2. The van der Waals surface area contributed by atoms with E-state index in [0.29, 0.717) is 16.5 Å². The van der Waals surface area contributed by atoms with Crippen LogP contribution in [0.5, 0.6) is 0 Å². The number of amides is 1. The molecule has 0 saturated carbocycles. The Hall–Kier alpha value is -3.05. The zero-order valence-corrected chi connectivity index (χ0v) is 14.6. The van der Waals surface area contributed by atoms with E-state index in [1.807, 2.05) is 48.7 Å². The van der Waals surface area contributed by atoms with Crippen LogP contribution in [0.15, 0.2) is 41.8 Å². The monoisotopic (exact) mass is 352 g/mol. The third kappa shape index (κ3) is 3.41. The number of H-pyrrole nitrogens is 1. The number of rotatable bonds is 5. The number of aromatic amines is 1. The van der Waals surface area contributed by atoms with Crippen LogP contribution >= 0.6 is 11.8 Å². The van der Waals surface area contributed by atoms with Crippen LogP contribution in [0.1, 0.15) is 16.8 Å². The number of anilines is 1. The van der Waals surface area contributed by atoms with E-state index in [1.165, 1.54) is 18.1 Å². The number of hydrogen-bond acceptors (Lipinski definition) is 5.